The van der Waals surface area contributed by atoms with Crippen molar-refractivity contribution in [1.82, 2.24) is 4.90 Å². The van der Waals surface area contributed by atoms with Gasteiger partial charge < -0.3 is 19.5 Å². The molecule has 2 unspecified atom stereocenters. The summed E-state index contributed by atoms with van der Waals surface area (Å²) in [6, 6.07) is 0. The maximum Gasteiger partial charge on any atom is 0.306 e. The maximum absolute atomic E-state index is 11.3. The Hall–Kier alpha value is -0.910. The lowest BCUT2D eigenvalue weighted by molar-refractivity contribution is -0.316. The summed E-state index contributed by atoms with van der Waals surface area (Å²) < 4.78 is 13.2. The van der Waals surface area contributed by atoms with E-state index in [9.17, 15) is 9.90 Å². The van der Waals surface area contributed by atoms with Crippen LogP contribution in [0.1, 0.15) is 84.5 Å². The third kappa shape index (κ3) is 4.31. The van der Waals surface area contributed by atoms with Crippen molar-refractivity contribution in [1.29, 1.82) is 0 Å². The highest BCUT2D eigenvalue weighted by Crippen LogP contribution is 2.63. The number of carbonyl (C=O) groups is 1. The molecule has 3 saturated carbocycles. The van der Waals surface area contributed by atoms with Crippen molar-refractivity contribution in [3.05, 3.63) is 12.2 Å². The van der Waals surface area contributed by atoms with E-state index >= 15 is 0 Å². The van der Waals surface area contributed by atoms with Crippen molar-refractivity contribution >= 4 is 5.97 Å². The molecule has 6 atom stereocenters. The molecule has 2 aliphatic heterocycles. The van der Waals surface area contributed by atoms with Gasteiger partial charge in [-0.2, -0.15) is 0 Å². The summed E-state index contributed by atoms with van der Waals surface area (Å²) in [4.78, 5) is 13.8. The molecule has 5 aliphatic rings. The highest BCUT2D eigenvalue weighted by atomic mass is 16.7. The van der Waals surface area contributed by atoms with Crippen molar-refractivity contribution in [3.63, 3.8) is 0 Å². The highest BCUT2D eigenvalue weighted by Gasteiger charge is 2.60. The first-order valence-corrected chi connectivity index (χ1v) is 13.7. The van der Waals surface area contributed by atoms with Gasteiger partial charge in [0.15, 0.2) is 6.29 Å². The first kappa shape index (κ1) is 23.8. The van der Waals surface area contributed by atoms with Crippen LogP contribution in [0.15, 0.2) is 12.2 Å². The number of carboxylic acid groups (broad SMARTS) is 1. The van der Waals surface area contributed by atoms with Gasteiger partial charge in [0.05, 0.1) is 18.6 Å². The number of piperidine rings is 1. The van der Waals surface area contributed by atoms with Crippen molar-refractivity contribution in [2.45, 2.75) is 96.9 Å². The van der Waals surface area contributed by atoms with Crippen molar-refractivity contribution in [2.24, 2.45) is 34.5 Å². The van der Waals surface area contributed by atoms with Crippen LogP contribution in [0.25, 0.3) is 0 Å². The normalized spacial score (nSPS) is 43.3. The van der Waals surface area contributed by atoms with Crippen LogP contribution in [0.5, 0.6) is 0 Å². The molecule has 0 spiro atoms. The number of likely N-dealkylation sites (tertiary alicyclic amines) is 1. The lowest BCUT2D eigenvalue weighted by Gasteiger charge is -2.63. The number of nitrogens with zero attached hydrogens (tertiary/aromatic N) is 1. The van der Waals surface area contributed by atoms with Crippen LogP contribution in [0.2, 0.25) is 0 Å². The average Bonchev–Trinajstić information content (AvgIpc) is 3.33. The predicted molar refractivity (Wildman–Crippen MR) is 129 cm³/mol. The van der Waals surface area contributed by atoms with Crippen LogP contribution in [-0.2, 0) is 14.3 Å². The molecule has 3 aliphatic carbocycles. The molecule has 2 heterocycles. The lowest BCUT2D eigenvalue weighted by Crippen LogP contribution is -2.62. The Morgan fingerprint density at radius 2 is 1.82 bits per heavy atom. The second kappa shape index (κ2) is 9.28. The average molecular weight is 460 g/mol. The molecule has 0 aromatic rings. The van der Waals surface area contributed by atoms with Crippen LogP contribution in [0, 0.1) is 34.5 Å². The summed E-state index contributed by atoms with van der Waals surface area (Å²) in [5.41, 5.74) is 1.80. The summed E-state index contributed by atoms with van der Waals surface area (Å²) in [7, 11) is 0. The molecule has 5 rings (SSSR count). The zero-order chi connectivity index (χ0) is 23.2. The Morgan fingerprint density at radius 3 is 2.52 bits per heavy atom. The van der Waals surface area contributed by atoms with Gasteiger partial charge in [-0.25, -0.2) is 0 Å². The van der Waals surface area contributed by atoms with Gasteiger partial charge in [-0.1, -0.05) is 38.8 Å². The van der Waals surface area contributed by atoms with Gasteiger partial charge in [-0.05, 0) is 94.7 Å². The molecule has 0 bridgehead atoms. The number of rotatable bonds is 5. The largest absolute Gasteiger partial charge is 0.481 e. The molecular formula is C28H45NO4. The van der Waals surface area contributed by atoms with Crippen molar-refractivity contribution < 1.29 is 19.4 Å². The maximum atomic E-state index is 11.3. The summed E-state index contributed by atoms with van der Waals surface area (Å²) in [6.45, 7) is 13.3. The van der Waals surface area contributed by atoms with E-state index in [-0.39, 0.29) is 23.0 Å². The molecule has 5 heteroatoms. The molecule has 0 aromatic heterocycles. The molecule has 0 aromatic carbocycles. The second-order valence-corrected chi connectivity index (χ2v) is 12.4. The summed E-state index contributed by atoms with van der Waals surface area (Å²) in [5.74, 6) is 0.984. The number of hydrogen-bond acceptors (Lipinski definition) is 4. The van der Waals surface area contributed by atoms with E-state index in [1.165, 1.54) is 44.1 Å². The van der Waals surface area contributed by atoms with E-state index in [0.717, 1.165) is 58.3 Å². The van der Waals surface area contributed by atoms with Gasteiger partial charge in [-0.15, -0.1) is 0 Å². The summed E-state index contributed by atoms with van der Waals surface area (Å²) >= 11 is 0. The number of hydrogen-bond donors (Lipinski definition) is 1. The number of aliphatic carboxylic acids is 1. The van der Waals surface area contributed by atoms with Crippen LogP contribution < -0.4 is 0 Å². The van der Waals surface area contributed by atoms with E-state index in [0.29, 0.717) is 23.9 Å². The van der Waals surface area contributed by atoms with E-state index in [2.05, 4.69) is 25.3 Å². The molecule has 2 saturated heterocycles. The fraction of sp³-hybridized carbons (Fsp3) is 0.893. The third-order valence-electron chi connectivity index (χ3n) is 10.6. The van der Waals surface area contributed by atoms with Gasteiger partial charge in [0.1, 0.15) is 0 Å². The van der Waals surface area contributed by atoms with E-state index in [1.54, 1.807) is 0 Å². The number of fused-ring (bicyclic) bond motifs is 3. The molecule has 1 N–H and O–H groups in total. The molecule has 5 fully saturated rings. The molecular weight excluding hydrogens is 414 g/mol. The Kier molecular flexibility index (Phi) is 6.69. The minimum atomic E-state index is -0.622. The quantitative estimate of drug-likeness (QED) is 0.551. The first-order valence-electron chi connectivity index (χ1n) is 13.7. The fourth-order valence-corrected chi connectivity index (χ4v) is 8.58. The Bertz CT molecular complexity index is 740. The minimum absolute atomic E-state index is 0.0259. The molecule has 0 radical (unpaired) electrons. The number of allylic oxidation sites excluding steroid dienone is 1. The molecule has 0 amide bonds. The Morgan fingerprint density at radius 1 is 1.09 bits per heavy atom. The van der Waals surface area contributed by atoms with Crippen LogP contribution in [0.4, 0.5) is 0 Å². The van der Waals surface area contributed by atoms with Gasteiger partial charge in [0.25, 0.3) is 0 Å². The lowest BCUT2D eigenvalue weighted by atomic mass is 9.46. The van der Waals surface area contributed by atoms with Gasteiger partial charge >= 0.3 is 5.97 Å². The fourth-order valence-electron chi connectivity index (χ4n) is 8.58. The molecule has 5 nitrogen and oxygen atoms in total. The van der Waals surface area contributed by atoms with Gasteiger partial charge in [0.2, 0.25) is 0 Å². The monoisotopic (exact) mass is 459 g/mol. The number of carboxylic acids is 1. The van der Waals surface area contributed by atoms with Gasteiger partial charge in [-0.3, -0.25) is 4.79 Å². The first-order chi connectivity index (χ1) is 15.8. The third-order valence-corrected chi connectivity index (χ3v) is 10.6. The van der Waals surface area contributed by atoms with Crippen molar-refractivity contribution in [2.75, 3.05) is 26.2 Å². The zero-order valence-electron chi connectivity index (χ0n) is 20.9. The second-order valence-electron chi connectivity index (χ2n) is 12.4. The smallest absolute Gasteiger partial charge is 0.306 e. The van der Waals surface area contributed by atoms with Gasteiger partial charge in [0, 0.05) is 11.3 Å². The van der Waals surface area contributed by atoms with Crippen molar-refractivity contribution in [3.8, 4) is 0 Å². The topological polar surface area (TPSA) is 59.0 Å². The molecule has 33 heavy (non-hydrogen) atoms. The molecule has 186 valence electrons. The van der Waals surface area contributed by atoms with E-state index < -0.39 is 5.97 Å². The summed E-state index contributed by atoms with van der Waals surface area (Å²) in [6.07, 6.45) is 13.0. The summed E-state index contributed by atoms with van der Waals surface area (Å²) in [5, 5.41) is 9.30. The minimum Gasteiger partial charge on any atom is -0.481 e. The SMILES string of the molecule is C=C1CCC2[C@@](C)(CC[C@H]3O[C@H](C4CCCC4)OC[C@@]23C)C1CCN1CCC(C(=O)O)CC1. The predicted octanol–water partition coefficient (Wildman–Crippen LogP) is 5.49. The highest BCUT2D eigenvalue weighted by molar-refractivity contribution is 5.70. The Labute approximate surface area is 200 Å². The van der Waals surface area contributed by atoms with E-state index in [4.69, 9.17) is 9.47 Å². The van der Waals surface area contributed by atoms with Crippen LogP contribution in [0.3, 0.4) is 0 Å². The van der Waals surface area contributed by atoms with Crippen LogP contribution >= 0.6 is 0 Å². The van der Waals surface area contributed by atoms with E-state index in [1.807, 2.05) is 0 Å². The standard InChI is InChI=1S/C28H45NO4/c1-19-8-9-23-27(2,22(19)13-17-29-15-11-20(12-16-29)25(30)31)14-10-24-28(23,3)18-32-26(33-24)21-6-4-5-7-21/h20-24,26H,1,4-18H2,2-3H3,(H,30,31)/t22?,23?,24-,26-,27+,28+/m1/s1. The van der Waals surface area contributed by atoms with Crippen LogP contribution in [-0.4, -0.2) is 54.6 Å². The number of ether oxygens (including phenoxy) is 2. The zero-order valence-corrected chi connectivity index (χ0v) is 20.9. The Balaban J connectivity index is 1.24.